The van der Waals surface area contributed by atoms with Crippen LogP contribution in [-0.2, 0) is 16.9 Å². The lowest BCUT2D eigenvalue weighted by Crippen LogP contribution is -2.17. The van der Waals surface area contributed by atoms with Crippen LogP contribution in [0.1, 0.15) is 24.2 Å². The molecule has 0 saturated heterocycles. The molecule has 2 N–H and O–H groups in total. The van der Waals surface area contributed by atoms with Gasteiger partial charge >= 0.3 is 0 Å². The first kappa shape index (κ1) is 23.2. The third-order valence-electron chi connectivity index (χ3n) is 4.33. The maximum absolute atomic E-state index is 12.8. The molecule has 0 fully saturated rings. The number of aliphatic hydroxyl groups excluding tert-OH is 1. The highest BCUT2D eigenvalue weighted by Crippen LogP contribution is 2.31. The minimum atomic E-state index is -3.64. The fourth-order valence-corrected chi connectivity index (χ4v) is 3.63. The first-order valence-electron chi connectivity index (χ1n) is 9.81. The second-order valence-electron chi connectivity index (χ2n) is 6.95. The topological polar surface area (TPSA) is 133 Å². The molecule has 0 aliphatic heterocycles. The molecule has 0 bridgehead atoms. The Morgan fingerprint density at radius 1 is 1.25 bits per heavy atom. The summed E-state index contributed by atoms with van der Waals surface area (Å²) in [7, 11) is -1.91. The van der Waals surface area contributed by atoms with Gasteiger partial charge in [-0.15, -0.1) is 0 Å². The van der Waals surface area contributed by atoms with Crippen molar-refractivity contribution in [2.75, 3.05) is 17.7 Å². The Morgan fingerprint density at radius 2 is 2.00 bits per heavy atom. The number of pyridine rings is 1. The van der Waals surface area contributed by atoms with Crippen molar-refractivity contribution in [2.24, 2.45) is 7.05 Å². The van der Waals surface area contributed by atoms with Crippen molar-refractivity contribution in [2.45, 2.75) is 25.0 Å². The summed E-state index contributed by atoms with van der Waals surface area (Å²) in [5, 5.41) is 15.9. The van der Waals surface area contributed by atoms with Crippen LogP contribution >= 0.6 is 0 Å². The van der Waals surface area contributed by atoms with Crippen LogP contribution in [0.5, 0.6) is 17.2 Å². The van der Waals surface area contributed by atoms with E-state index < -0.39 is 21.8 Å². The lowest BCUT2D eigenvalue weighted by atomic mass is 10.2. The molecule has 1 atom stereocenters. The summed E-state index contributed by atoms with van der Waals surface area (Å²) >= 11 is 0. The monoisotopic (exact) mass is 460 g/mol. The third kappa shape index (κ3) is 5.62. The number of nitrogens with one attached hydrogen (secondary N) is 1. The number of sulfone groups is 1. The number of hydrogen-bond donors (Lipinski definition) is 2. The van der Waals surface area contributed by atoms with E-state index in [2.05, 4.69) is 15.4 Å². The number of aryl methyl sites for hydroxylation is 1. The smallest absolute Gasteiger partial charge is 0.257 e. The van der Waals surface area contributed by atoms with E-state index in [9.17, 15) is 18.3 Å². The van der Waals surface area contributed by atoms with Gasteiger partial charge in [0.1, 0.15) is 17.6 Å². The molecule has 1 unspecified atom stereocenters. The van der Waals surface area contributed by atoms with Gasteiger partial charge < -0.3 is 19.9 Å². The SMILES string of the molecule is CCS(=O)(=O)c1ncccc1Oc1cc(OC(C)CO)cc(C(=O)Nc2ccn(C)n2)c1. The minimum absolute atomic E-state index is 0.0257. The van der Waals surface area contributed by atoms with E-state index in [4.69, 9.17) is 9.47 Å². The maximum atomic E-state index is 12.8. The molecule has 0 radical (unpaired) electrons. The maximum Gasteiger partial charge on any atom is 0.257 e. The van der Waals surface area contributed by atoms with Crippen LogP contribution in [0, 0.1) is 0 Å². The first-order chi connectivity index (χ1) is 15.2. The normalized spacial score (nSPS) is 12.2. The first-order valence-corrected chi connectivity index (χ1v) is 11.5. The number of nitrogens with zero attached hydrogens (tertiary/aromatic N) is 3. The minimum Gasteiger partial charge on any atom is -0.488 e. The molecular formula is C21H24N4O6S. The van der Waals surface area contributed by atoms with Crippen LogP contribution in [-0.4, -0.2) is 52.7 Å². The summed E-state index contributed by atoms with van der Waals surface area (Å²) in [6.07, 6.45) is 2.51. The third-order valence-corrected chi connectivity index (χ3v) is 5.99. The van der Waals surface area contributed by atoms with Crippen molar-refractivity contribution < 1.29 is 27.8 Å². The standard InChI is InChI=1S/C21H24N4O6S/c1-4-32(28,29)21-18(6-5-8-22-21)31-17-11-15(10-16(12-17)30-14(2)13-26)20(27)23-19-7-9-25(3)24-19/h5-12,14,26H,4,13H2,1-3H3,(H,23,24,27). The van der Waals surface area contributed by atoms with Crippen LogP contribution in [0.3, 0.4) is 0 Å². The van der Waals surface area contributed by atoms with E-state index in [1.54, 1.807) is 37.0 Å². The van der Waals surface area contributed by atoms with Gasteiger partial charge in [0.15, 0.2) is 26.4 Å². The van der Waals surface area contributed by atoms with Crippen LogP contribution in [0.4, 0.5) is 5.82 Å². The summed E-state index contributed by atoms with van der Waals surface area (Å²) in [4.78, 5) is 16.7. The number of carbonyl (C=O) groups excluding carboxylic acids is 1. The number of amides is 1. The number of hydrogen-bond acceptors (Lipinski definition) is 8. The highest BCUT2D eigenvalue weighted by molar-refractivity contribution is 7.91. The average molecular weight is 461 g/mol. The highest BCUT2D eigenvalue weighted by Gasteiger charge is 2.21. The molecule has 0 spiro atoms. The zero-order valence-electron chi connectivity index (χ0n) is 17.8. The van der Waals surface area contributed by atoms with Crippen molar-refractivity contribution in [3.8, 4) is 17.2 Å². The molecule has 0 aliphatic carbocycles. The number of ether oxygens (including phenoxy) is 2. The van der Waals surface area contributed by atoms with Gasteiger partial charge in [-0.2, -0.15) is 5.10 Å². The summed E-state index contributed by atoms with van der Waals surface area (Å²) in [5.41, 5.74) is 0.192. The summed E-state index contributed by atoms with van der Waals surface area (Å²) in [5.74, 6) is 0.202. The van der Waals surface area contributed by atoms with E-state index >= 15 is 0 Å². The second kappa shape index (κ2) is 9.79. The molecule has 170 valence electrons. The van der Waals surface area contributed by atoms with Gasteiger partial charge in [0.25, 0.3) is 5.91 Å². The fourth-order valence-electron chi connectivity index (χ4n) is 2.72. The summed E-state index contributed by atoms with van der Waals surface area (Å²) in [6, 6.07) is 9.11. The Bertz CT molecular complexity index is 1210. The van der Waals surface area contributed by atoms with Crippen molar-refractivity contribution in [3.63, 3.8) is 0 Å². The average Bonchev–Trinajstić information content (AvgIpc) is 3.18. The van der Waals surface area contributed by atoms with Crippen molar-refractivity contribution in [1.29, 1.82) is 0 Å². The Hall–Kier alpha value is -3.44. The predicted octanol–water partition coefficient (Wildman–Crippen LogP) is 2.41. The number of benzene rings is 1. The Balaban J connectivity index is 1.97. The van der Waals surface area contributed by atoms with E-state index in [1.807, 2.05) is 0 Å². The van der Waals surface area contributed by atoms with Crippen LogP contribution in [0.2, 0.25) is 0 Å². The molecular weight excluding hydrogens is 436 g/mol. The second-order valence-corrected chi connectivity index (χ2v) is 9.14. The predicted molar refractivity (Wildman–Crippen MR) is 117 cm³/mol. The lowest BCUT2D eigenvalue weighted by Gasteiger charge is -2.16. The van der Waals surface area contributed by atoms with Gasteiger partial charge in [0.2, 0.25) is 0 Å². The quantitative estimate of drug-likeness (QED) is 0.497. The van der Waals surface area contributed by atoms with E-state index in [1.165, 1.54) is 37.4 Å². The van der Waals surface area contributed by atoms with Gasteiger partial charge in [-0.05, 0) is 31.2 Å². The molecule has 0 saturated carbocycles. The molecule has 11 heteroatoms. The van der Waals surface area contributed by atoms with Crippen LogP contribution < -0.4 is 14.8 Å². The molecule has 1 amide bonds. The molecule has 10 nitrogen and oxygen atoms in total. The van der Waals surface area contributed by atoms with Gasteiger partial charge in [0, 0.05) is 37.1 Å². The summed E-state index contributed by atoms with van der Waals surface area (Å²) in [6.45, 7) is 2.94. The fraction of sp³-hybridized carbons (Fsp3) is 0.286. The molecule has 2 aromatic heterocycles. The van der Waals surface area contributed by atoms with Crippen LogP contribution in [0.15, 0.2) is 53.8 Å². The zero-order valence-corrected chi connectivity index (χ0v) is 18.7. The van der Waals surface area contributed by atoms with Crippen LogP contribution in [0.25, 0.3) is 0 Å². The van der Waals surface area contributed by atoms with Crippen molar-refractivity contribution in [1.82, 2.24) is 14.8 Å². The largest absolute Gasteiger partial charge is 0.488 e. The lowest BCUT2D eigenvalue weighted by molar-refractivity contribution is 0.102. The van der Waals surface area contributed by atoms with E-state index in [0.717, 1.165) is 0 Å². The number of aromatic nitrogens is 3. The molecule has 32 heavy (non-hydrogen) atoms. The number of aliphatic hydroxyl groups is 1. The Morgan fingerprint density at radius 3 is 2.66 bits per heavy atom. The Kier molecular flexibility index (Phi) is 7.11. The van der Waals surface area contributed by atoms with Gasteiger partial charge in [-0.3, -0.25) is 9.48 Å². The Labute approximate surface area is 185 Å². The summed E-state index contributed by atoms with van der Waals surface area (Å²) < 4.78 is 37.8. The van der Waals surface area contributed by atoms with E-state index in [0.29, 0.717) is 5.82 Å². The molecule has 3 rings (SSSR count). The van der Waals surface area contributed by atoms with Gasteiger partial charge in [0.05, 0.1) is 12.4 Å². The van der Waals surface area contributed by atoms with Crippen molar-refractivity contribution in [3.05, 3.63) is 54.4 Å². The number of rotatable bonds is 9. The molecule has 0 aliphatic rings. The molecule has 3 aromatic rings. The molecule has 2 heterocycles. The van der Waals surface area contributed by atoms with E-state index in [-0.39, 0.29) is 40.2 Å². The van der Waals surface area contributed by atoms with Gasteiger partial charge in [-0.25, -0.2) is 13.4 Å². The van der Waals surface area contributed by atoms with Crippen molar-refractivity contribution >= 4 is 21.6 Å². The van der Waals surface area contributed by atoms with Gasteiger partial charge in [-0.1, -0.05) is 6.92 Å². The number of carbonyl (C=O) groups is 1. The highest BCUT2D eigenvalue weighted by atomic mass is 32.2. The number of anilines is 1. The molecule has 1 aromatic carbocycles. The zero-order chi connectivity index (χ0) is 23.3.